The monoisotopic (exact) mass is 1030 g/mol. The quantitative estimate of drug-likeness (QED) is 0.0649. The van der Waals surface area contributed by atoms with Crippen LogP contribution in [-0.2, 0) is 15.6 Å². The molecule has 12 heteroatoms. The van der Waals surface area contributed by atoms with Crippen LogP contribution in [0.3, 0.4) is 0 Å². The van der Waals surface area contributed by atoms with Crippen molar-refractivity contribution in [1.29, 1.82) is 5.26 Å². The maximum absolute atomic E-state index is 13.0. The fourth-order valence-electron chi connectivity index (χ4n) is 9.79. The lowest BCUT2D eigenvalue weighted by molar-refractivity contribution is -0.122. The molecule has 0 saturated carbocycles. The third kappa shape index (κ3) is 14.2. The Bertz CT molecular complexity index is 2850. The van der Waals surface area contributed by atoms with Crippen LogP contribution in [0, 0.1) is 11.3 Å². The van der Waals surface area contributed by atoms with Crippen molar-refractivity contribution in [2.45, 2.75) is 87.5 Å². The molecule has 1 amide bonds. The van der Waals surface area contributed by atoms with Crippen LogP contribution in [0.25, 0.3) is 0 Å². The summed E-state index contributed by atoms with van der Waals surface area (Å²) in [6.07, 6.45) is 3.20. The number of carboxylic acids is 1. The summed E-state index contributed by atoms with van der Waals surface area (Å²) in [6, 6.07) is 64.8. The van der Waals surface area contributed by atoms with E-state index in [4.69, 9.17) is 20.3 Å². The summed E-state index contributed by atoms with van der Waals surface area (Å²) >= 11 is 0. The zero-order valence-electron chi connectivity index (χ0n) is 43.2. The number of aromatic hydroxyl groups is 2. The molecule has 0 atom stereocenters. The molecule has 2 saturated heterocycles. The smallest absolute Gasteiger partial charge is 0.335 e. The Hall–Kier alpha value is -7.62. The van der Waals surface area contributed by atoms with Gasteiger partial charge in [0.15, 0.2) is 0 Å². The second-order valence-electron chi connectivity index (χ2n) is 20.3. The van der Waals surface area contributed by atoms with E-state index in [9.17, 15) is 25.1 Å². The molecule has 390 valence electrons. The first-order chi connectivity index (χ1) is 35.5. The van der Waals surface area contributed by atoms with Crippen molar-refractivity contribution in [3.8, 4) is 29.1 Å². The van der Waals surface area contributed by atoms with Crippen LogP contribution in [0.1, 0.15) is 86.0 Å². The van der Waals surface area contributed by atoms with E-state index in [-0.39, 0.29) is 53.1 Å². The minimum Gasteiger partial charge on any atom is -0.508 e. The molecular weight excluding hydrogens is 960 g/mol. The van der Waals surface area contributed by atoms with Gasteiger partial charge in [0.05, 0.1) is 17.0 Å². The van der Waals surface area contributed by atoms with Crippen LogP contribution >= 0.6 is 12.4 Å². The number of amides is 1. The van der Waals surface area contributed by atoms with E-state index >= 15 is 0 Å². The molecule has 11 nitrogen and oxygen atoms in total. The Balaban J connectivity index is 0.000000207. The van der Waals surface area contributed by atoms with Gasteiger partial charge in [-0.1, -0.05) is 152 Å². The number of nitriles is 1. The maximum Gasteiger partial charge on any atom is 0.335 e. The fraction of sp³-hybridized carbons (Fsp3) is 0.286. The topological polar surface area (TPSA) is 170 Å². The summed E-state index contributed by atoms with van der Waals surface area (Å²) < 4.78 is 12.0. The second kappa shape index (κ2) is 25.6. The molecular formula is C63H69ClN4O7. The lowest BCUT2D eigenvalue weighted by Gasteiger charge is -2.49. The highest BCUT2D eigenvalue weighted by Crippen LogP contribution is 2.42. The van der Waals surface area contributed by atoms with Crippen LogP contribution in [0.5, 0.6) is 23.0 Å². The summed E-state index contributed by atoms with van der Waals surface area (Å²) in [5.74, 6) is 0.588. The number of hydrogen-bond donors (Lipinski definition) is 4. The number of hydrogen-bond acceptors (Lipinski definition) is 9. The second-order valence-corrected chi connectivity index (χ2v) is 20.3. The van der Waals surface area contributed by atoms with Crippen LogP contribution < -0.4 is 15.2 Å². The van der Waals surface area contributed by atoms with Gasteiger partial charge in [-0.25, -0.2) is 4.79 Å². The van der Waals surface area contributed by atoms with Crippen molar-refractivity contribution in [2.24, 2.45) is 5.73 Å². The van der Waals surface area contributed by atoms with Gasteiger partial charge in [0, 0.05) is 49.4 Å². The number of ether oxygens (including phenoxy) is 2. The van der Waals surface area contributed by atoms with Gasteiger partial charge < -0.3 is 30.5 Å². The number of aromatic carboxylic acids is 1. The highest BCUT2D eigenvalue weighted by molar-refractivity contribution is 5.91. The van der Waals surface area contributed by atoms with E-state index in [1.807, 2.05) is 109 Å². The average molecular weight is 1030 g/mol. The number of carbonyl (C=O) groups is 2. The van der Waals surface area contributed by atoms with Crippen LogP contribution in [-0.4, -0.2) is 86.5 Å². The molecule has 5 N–H and O–H groups in total. The average Bonchev–Trinajstić information content (AvgIpc) is 3.38. The Labute approximate surface area is 448 Å². The van der Waals surface area contributed by atoms with Gasteiger partial charge in [-0.05, 0) is 112 Å². The molecule has 2 aliphatic heterocycles. The molecule has 0 bridgehead atoms. The zero-order chi connectivity index (χ0) is 52.8. The first kappa shape index (κ1) is 56.7. The number of nitrogens with zero attached hydrogens (tertiary/aromatic N) is 3. The Morgan fingerprint density at radius 1 is 0.533 bits per heavy atom. The first-order valence-electron chi connectivity index (χ1n) is 25.2. The van der Waals surface area contributed by atoms with Gasteiger partial charge in [-0.3, -0.25) is 14.6 Å². The minimum atomic E-state index is -0.887. The summed E-state index contributed by atoms with van der Waals surface area (Å²) in [6.45, 7) is 12.2. The van der Waals surface area contributed by atoms with Crippen LogP contribution in [0.4, 0.5) is 0 Å². The molecule has 2 aliphatic rings. The molecule has 7 aromatic rings. The van der Waals surface area contributed by atoms with Gasteiger partial charge in [0.2, 0.25) is 5.91 Å². The predicted molar refractivity (Wildman–Crippen MR) is 298 cm³/mol. The fourth-order valence-corrected chi connectivity index (χ4v) is 9.79. The normalized spacial score (nSPS) is 14.1. The third-order valence-corrected chi connectivity index (χ3v) is 14.6. The summed E-state index contributed by atoms with van der Waals surface area (Å²) in [5.41, 5.74) is 8.61. The molecule has 75 heavy (non-hydrogen) atoms. The molecule has 9 rings (SSSR count). The van der Waals surface area contributed by atoms with Crippen LogP contribution in [0.2, 0.25) is 0 Å². The van der Waals surface area contributed by atoms with E-state index in [2.05, 4.69) is 67.8 Å². The van der Waals surface area contributed by atoms with Gasteiger partial charge in [0.25, 0.3) is 0 Å². The number of phenolic OH excluding ortho intramolecular Hbond substituents is 2. The Morgan fingerprint density at radius 3 is 1.20 bits per heavy atom. The van der Waals surface area contributed by atoms with Crippen molar-refractivity contribution < 1.29 is 34.4 Å². The first-order valence-corrected chi connectivity index (χ1v) is 25.2. The van der Waals surface area contributed by atoms with Crippen LogP contribution in [0.15, 0.2) is 200 Å². The van der Waals surface area contributed by atoms with Gasteiger partial charge in [-0.15, -0.1) is 12.4 Å². The van der Waals surface area contributed by atoms with Crippen molar-refractivity contribution in [3.63, 3.8) is 0 Å². The summed E-state index contributed by atoms with van der Waals surface area (Å²) in [4.78, 5) is 28.0. The summed E-state index contributed by atoms with van der Waals surface area (Å²) in [7, 11) is 0. The highest BCUT2D eigenvalue weighted by Gasteiger charge is 2.45. The molecule has 0 unspecified atom stereocenters. The largest absolute Gasteiger partial charge is 0.508 e. The number of benzene rings is 7. The number of phenols is 2. The van der Waals surface area contributed by atoms with E-state index in [1.54, 1.807) is 66.7 Å². The molecule has 0 aliphatic carbocycles. The van der Waals surface area contributed by atoms with E-state index in [1.165, 1.54) is 0 Å². The number of halogens is 1. The number of carbonyl (C=O) groups excluding carboxylic acids is 1. The van der Waals surface area contributed by atoms with Crippen molar-refractivity contribution >= 4 is 24.3 Å². The SMILES string of the molecule is CC(C)(CCC(C#N)(c1ccccc1)c1ccccc1)N1CC(Oc2cccc(O)c2)C1.CC(C)(CCC(C(N)=O)(c1ccccc1)c1ccccc1)N1CC(Oc2cccc(O)c2)C1.Cl.O=C(O)c1ccccc1. The van der Waals surface area contributed by atoms with E-state index in [0.717, 1.165) is 67.7 Å². The standard InChI is InChI=1S/C28H32N2O3.C28H30N2O2.C7H6O2.ClH/c1-27(2,30-19-25(20-30)33-24-15-9-14-23(31)18-24)16-17-28(26(29)32,21-10-5-3-6-11-21)22-12-7-4-8-13-22;1-27(2,30-19-26(20-30)32-25-15-9-14-24(31)18-25)16-17-28(21-29,22-10-5-3-6-11-22)23-12-7-4-8-13-23;8-7(9)6-4-2-1-3-5-6;/h3-15,18,25,31H,16-17,19-20H2,1-2H3,(H2,29,32);3-15,18,26,31H,16-17,19-20H2,1-2H3;1-5H,(H,8,9);1H. The van der Waals surface area contributed by atoms with Gasteiger partial charge in [0.1, 0.15) is 40.6 Å². The Morgan fingerprint density at radius 2 is 0.880 bits per heavy atom. The minimum absolute atomic E-state index is 0. The van der Waals surface area contributed by atoms with Gasteiger partial charge >= 0.3 is 5.97 Å². The number of likely N-dealkylation sites (tertiary alicyclic amines) is 2. The number of nitrogens with two attached hydrogens (primary N) is 1. The number of rotatable bonds is 18. The highest BCUT2D eigenvalue weighted by atomic mass is 35.5. The Kier molecular flexibility index (Phi) is 19.3. The number of carboxylic acid groups (broad SMARTS) is 1. The van der Waals surface area contributed by atoms with Crippen molar-refractivity contribution in [1.82, 2.24) is 9.80 Å². The maximum atomic E-state index is 13.0. The molecule has 0 aromatic heterocycles. The molecule has 7 aromatic carbocycles. The van der Waals surface area contributed by atoms with Gasteiger partial charge in [-0.2, -0.15) is 5.26 Å². The van der Waals surface area contributed by atoms with E-state index in [0.29, 0.717) is 23.5 Å². The lowest BCUT2D eigenvalue weighted by Crippen LogP contribution is -2.62. The number of primary amides is 1. The van der Waals surface area contributed by atoms with Crippen molar-refractivity contribution in [3.05, 3.63) is 228 Å². The summed E-state index contributed by atoms with van der Waals surface area (Å²) in [5, 5.41) is 38.1. The molecule has 0 radical (unpaired) electrons. The van der Waals surface area contributed by atoms with E-state index < -0.39 is 16.8 Å². The molecule has 0 spiro atoms. The molecule has 2 fully saturated rings. The van der Waals surface area contributed by atoms with Crippen molar-refractivity contribution in [2.75, 3.05) is 26.2 Å². The predicted octanol–water partition coefficient (Wildman–Crippen LogP) is 11.8. The zero-order valence-corrected chi connectivity index (χ0v) is 44.0. The molecule has 2 heterocycles. The third-order valence-electron chi connectivity index (χ3n) is 14.6. The lowest BCUT2D eigenvalue weighted by atomic mass is 9.69.